The molecule has 1 heterocycles. The first-order valence-electron chi connectivity index (χ1n) is 7.30. The predicted molar refractivity (Wildman–Crippen MR) is 90.4 cm³/mol. The van der Waals surface area contributed by atoms with E-state index in [4.69, 9.17) is 10.2 Å². The van der Waals surface area contributed by atoms with E-state index >= 15 is 0 Å². The van der Waals surface area contributed by atoms with Crippen molar-refractivity contribution in [1.29, 1.82) is 0 Å². The summed E-state index contributed by atoms with van der Waals surface area (Å²) in [5.41, 5.74) is 7.79. The molecular formula is C18H18NO3S. The quantitative estimate of drug-likeness (QED) is 0.779. The number of sulfone groups is 1. The number of hydrogen-bond donors (Lipinski definition) is 1. The van der Waals surface area contributed by atoms with Gasteiger partial charge in [0, 0.05) is 11.8 Å². The molecule has 0 spiro atoms. The minimum Gasteiger partial charge on any atom is -0.464 e. The maximum Gasteiger partial charge on any atom is 0.197 e. The maximum atomic E-state index is 13.1. The second-order valence-electron chi connectivity index (χ2n) is 5.60. The molecule has 0 saturated heterocycles. The number of nitrogens with two attached hydrogens (primary N) is 1. The van der Waals surface area contributed by atoms with Crippen molar-refractivity contribution in [3.8, 4) is 0 Å². The smallest absolute Gasteiger partial charge is 0.197 e. The van der Waals surface area contributed by atoms with Crippen LogP contribution < -0.4 is 5.73 Å². The summed E-state index contributed by atoms with van der Waals surface area (Å²) in [4.78, 5) is -1.26. The Hall–Kier alpha value is -2.11. The summed E-state index contributed by atoms with van der Waals surface area (Å²) in [6.07, 6.45) is 1.82. The van der Waals surface area contributed by atoms with Crippen molar-refractivity contribution in [2.45, 2.75) is 22.6 Å². The second-order valence-corrected chi connectivity index (χ2v) is 7.89. The Balaban J connectivity index is 2.04. The summed E-state index contributed by atoms with van der Waals surface area (Å²) in [5.74, 6) is 0. The van der Waals surface area contributed by atoms with Gasteiger partial charge in [0.1, 0.15) is 10.5 Å². The van der Waals surface area contributed by atoms with Crippen molar-refractivity contribution in [1.82, 2.24) is 0 Å². The first-order chi connectivity index (χ1) is 11.0. The Kier molecular flexibility index (Phi) is 4.00. The summed E-state index contributed by atoms with van der Waals surface area (Å²) in [6.45, 7) is 3.78. The molecule has 5 heteroatoms. The van der Waals surface area contributed by atoms with Gasteiger partial charge >= 0.3 is 0 Å². The summed E-state index contributed by atoms with van der Waals surface area (Å²) < 4.78 is 31.4. The summed E-state index contributed by atoms with van der Waals surface area (Å²) >= 11 is 0. The normalized spacial score (nSPS) is 14.7. The van der Waals surface area contributed by atoms with Crippen LogP contribution in [0.4, 0.5) is 0 Å². The van der Waals surface area contributed by atoms with Crippen molar-refractivity contribution in [2.75, 3.05) is 0 Å². The molecule has 119 valence electrons. The molecule has 2 N–H and O–H groups in total. The van der Waals surface area contributed by atoms with Gasteiger partial charge in [0.15, 0.2) is 9.84 Å². The average Bonchev–Trinajstić information content (AvgIpc) is 3.03. The van der Waals surface area contributed by atoms with Gasteiger partial charge in [-0.2, -0.15) is 0 Å². The van der Waals surface area contributed by atoms with Crippen LogP contribution in [0.25, 0.3) is 11.0 Å². The van der Waals surface area contributed by atoms with Crippen molar-refractivity contribution in [3.63, 3.8) is 0 Å². The van der Waals surface area contributed by atoms with Crippen LogP contribution in [0, 0.1) is 6.92 Å². The van der Waals surface area contributed by atoms with E-state index in [0.29, 0.717) is 5.58 Å². The Morgan fingerprint density at radius 1 is 1.09 bits per heavy atom. The Bertz CT molecular complexity index is 916. The van der Waals surface area contributed by atoms with Gasteiger partial charge in [0.05, 0.1) is 11.2 Å². The molecule has 0 bridgehead atoms. The van der Waals surface area contributed by atoms with Crippen LogP contribution in [0.2, 0.25) is 0 Å². The fraction of sp³-hybridized carbons (Fsp3) is 0.167. The number of hydrogen-bond acceptors (Lipinski definition) is 4. The van der Waals surface area contributed by atoms with Gasteiger partial charge in [0.2, 0.25) is 0 Å². The Morgan fingerprint density at radius 2 is 1.83 bits per heavy atom. The molecule has 3 aromatic rings. The van der Waals surface area contributed by atoms with Gasteiger partial charge in [-0.25, -0.2) is 8.42 Å². The van der Waals surface area contributed by atoms with Crippen molar-refractivity contribution >= 4 is 20.8 Å². The maximum absolute atomic E-state index is 13.1. The molecule has 2 aromatic carbocycles. The summed E-state index contributed by atoms with van der Waals surface area (Å²) in [5, 5.41) is 0.734. The Morgan fingerprint density at radius 3 is 2.52 bits per heavy atom. The molecule has 1 atom stereocenters. The molecule has 0 aliphatic carbocycles. The first kappa shape index (κ1) is 15.8. The molecular weight excluding hydrogens is 310 g/mol. The minimum atomic E-state index is -3.74. The van der Waals surface area contributed by atoms with E-state index in [1.807, 2.05) is 30.3 Å². The molecule has 3 rings (SSSR count). The van der Waals surface area contributed by atoms with E-state index in [1.54, 1.807) is 18.2 Å². The summed E-state index contributed by atoms with van der Waals surface area (Å²) in [7, 11) is -3.74. The van der Waals surface area contributed by atoms with Crippen LogP contribution in [0.3, 0.4) is 0 Å². The summed E-state index contributed by atoms with van der Waals surface area (Å²) in [6, 6.07) is 15.8. The topological polar surface area (TPSA) is 73.3 Å². The zero-order chi connectivity index (χ0) is 16.5. The third kappa shape index (κ3) is 2.78. The van der Waals surface area contributed by atoms with Crippen LogP contribution in [0.5, 0.6) is 0 Å². The highest BCUT2D eigenvalue weighted by atomic mass is 32.2. The highest BCUT2D eigenvalue weighted by molar-refractivity contribution is 7.92. The van der Waals surface area contributed by atoms with Crippen LogP contribution in [0.1, 0.15) is 12.0 Å². The van der Waals surface area contributed by atoms with E-state index in [-0.39, 0.29) is 17.7 Å². The third-order valence-electron chi connectivity index (χ3n) is 4.04. The van der Waals surface area contributed by atoms with Crippen molar-refractivity contribution in [2.24, 2.45) is 5.73 Å². The van der Waals surface area contributed by atoms with Gasteiger partial charge < -0.3 is 10.2 Å². The molecule has 1 unspecified atom stereocenters. The van der Waals surface area contributed by atoms with E-state index in [1.165, 1.54) is 12.3 Å². The van der Waals surface area contributed by atoms with Gasteiger partial charge in [-0.3, -0.25) is 0 Å². The second kappa shape index (κ2) is 5.83. The molecule has 0 aliphatic rings. The molecule has 1 aromatic heterocycles. The standard InChI is InChI=1S/C18H18NO3S/c1-2-18(19,13-14-6-4-3-5-7-14)23(20,21)16-8-9-17-15(12-16)10-11-22-17/h3-12H,1-2,13,19H2. The molecule has 0 fully saturated rings. The lowest BCUT2D eigenvalue weighted by Crippen LogP contribution is -2.49. The van der Waals surface area contributed by atoms with E-state index in [2.05, 4.69) is 6.92 Å². The fourth-order valence-corrected chi connectivity index (χ4v) is 4.23. The average molecular weight is 328 g/mol. The van der Waals surface area contributed by atoms with Crippen molar-refractivity contribution < 1.29 is 12.8 Å². The van der Waals surface area contributed by atoms with Gasteiger partial charge in [-0.15, -0.1) is 0 Å². The highest BCUT2D eigenvalue weighted by Crippen LogP contribution is 2.30. The monoisotopic (exact) mass is 328 g/mol. The molecule has 0 aliphatic heterocycles. The van der Waals surface area contributed by atoms with Crippen LogP contribution in [0.15, 0.2) is 70.2 Å². The predicted octanol–water partition coefficient (Wildman–Crippen LogP) is 3.33. The van der Waals surface area contributed by atoms with E-state index in [9.17, 15) is 8.42 Å². The fourth-order valence-electron chi connectivity index (χ4n) is 2.61. The zero-order valence-electron chi connectivity index (χ0n) is 12.6. The lowest BCUT2D eigenvalue weighted by molar-refractivity contribution is 0.511. The van der Waals surface area contributed by atoms with Gasteiger partial charge in [0.25, 0.3) is 0 Å². The van der Waals surface area contributed by atoms with Crippen LogP contribution in [-0.2, 0) is 16.3 Å². The Labute approximate surface area is 135 Å². The lowest BCUT2D eigenvalue weighted by atomic mass is 10.0. The third-order valence-corrected chi connectivity index (χ3v) is 6.33. The lowest BCUT2D eigenvalue weighted by Gasteiger charge is -2.28. The SMILES string of the molecule is [CH2]CC(N)(Cc1ccccc1)S(=O)(=O)c1ccc2occc2c1. The van der Waals surface area contributed by atoms with E-state index < -0.39 is 14.7 Å². The minimum absolute atomic E-state index is 0.0770. The number of benzene rings is 2. The molecule has 1 radical (unpaired) electrons. The zero-order valence-corrected chi connectivity index (χ0v) is 13.4. The number of fused-ring (bicyclic) bond motifs is 1. The van der Waals surface area contributed by atoms with Crippen molar-refractivity contribution in [3.05, 3.63) is 73.3 Å². The first-order valence-corrected chi connectivity index (χ1v) is 8.78. The molecule has 23 heavy (non-hydrogen) atoms. The molecule has 0 amide bonds. The largest absolute Gasteiger partial charge is 0.464 e. The van der Waals surface area contributed by atoms with Crippen LogP contribution >= 0.6 is 0 Å². The van der Waals surface area contributed by atoms with Gasteiger partial charge in [-0.05, 0) is 36.2 Å². The number of rotatable bonds is 5. The van der Waals surface area contributed by atoms with Gasteiger partial charge in [-0.1, -0.05) is 37.3 Å². The number of furan rings is 1. The molecule has 4 nitrogen and oxygen atoms in total. The van der Waals surface area contributed by atoms with E-state index in [0.717, 1.165) is 10.9 Å². The highest BCUT2D eigenvalue weighted by Gasteiger charge is 2.39. The molecule has 0 saturated carbocycles. The van der Waals surface area contributed by atoms with Crippen LogP contribution in [-0.4, -0.2) is 13.3 Å².